The molecule has 0 amide bonds. The zero-order valence-corrected chi connectivity index (χ0v) is 12.6. The molecule has 2 aliphatic heterocycles. The molecule has 0 aromatic heterocycles. The minimum atomic E-state index is -0.810. The number of rotatable bonds is 4. The van der Waals surface area contributed by atoms with Gasteiger partial charge in [-0.3, -0.25) is 4.79 Å². The summed E-state index contributed by atoms with van der Waals surface area (Å²) in [6, 6.07) is 0. The smallest absolute Gasteiger partial charge is 0.304 e. The maximum atomic E-state index is 11.2. The van der Waals surface area contributed by atoms with Gasteiger partial charge in [0.25, 0.3) is 0 Å². The third-order valence-corrected chi connectivity index (χ3v) is 4.23. The normalized spacial score (nSPS) is 16.0. The molecule has 0 atom stereocenters. The fraction of sp³-hybridized carbons (Fsp3) is 0.562. The minimum Gasteiger partial charge on any atom is -0.492 e. The van der Waals surface area contributed by atoms with Gasteiger partial charge in [0.05, 0.1) is 26.7 Å². The SMILES string of the molecule is COc1c2c(c(C(C)(C)CC(=O)O)c3c1OCC3)OCC2. The van der Waals surface area contributed by atoms with Gasteiger partial charge in [0.2, 0.25) is 0 Å². The van der Waals surface area contributed by atoms with Crippen molar-refractivity contribution in [2.45, 2.75) is 38.5 Å². The van der Waals surface area contributed by atoms with E-state index in [2.05, 4.69) is 0 Å². The average molecular weight is 292 g/mol. The van der Waals surface area contributed by atoms with E-state index in [9.17, 15) is 9.90 Å². The maximum absolute atomic E-state index is 11.2. The number of carboxylic acids is 1. The van der Waals surface area contributed by atoms with E-state index in [1.165, 1.54) is 0 Å². The van der Waals surface area contributed by atoms with E-state index < -0.39 is 11.4 Å². The monoisotopic (exact) mass is 292 g/mol. The van der Waals surface area contributed by atoms with E-state index in [0.717, 1.165) is 46.8 Å². The molecular formula is C16H20O5. The van der Waals surface area contributed by atoms with E-state index in [-0.39, 0.29) is 6.42 Å². The number of hydrogen-bond donors (Lipinski definition) is 1. The van der Waals surface area contributed by atoms with Crippen LogP contribution in [0.3, 0.4) is 0 Å². The van der Waals surface area contributed by atoms with E-state index in [1.807, 2.05) is 13.8 Å². The second-order valence-electron chi connectivity index (χ2n) is 6.17. The predicted octanol–water partition coefficient (Wildman–Crippen LogP) is 2.32. The first kappa shape index (κ1) is 14.0. The fourth-order valence-electron chi connectivity index (χ4n) is 3.46. The van der Waals surface area contributed by atoms with Gasteiger partial charge < -0.3 is 19.3 Å². The molecule has 1 aromatic carbocycles. The van der Waals surface area contributed by atoms with E-state index in [4.69, 9.17) is 14.2 Å². The molecule has 1 N–H and O–H groups in total. The summed E-state index contributed by atoms with van der Waals surface area (Å²) in [5.41, 5.74) is 2.51. The Hall–Kier alpha value is -1.91. The highest BCUT2D eigenvalue weighted by atomic mass is 16.5. The van der Waals surface area contributed by atoms with Crippen LogP contribution in [-0.4, -0.2) is 31.4 Å². The summed E-state index contributed by atoms with van der Waals surface area (Å²) in [7, 11) is 1.64. The summed E-state index contributed by atoms with van der Waals surface area (Å²) in [5, 5.41) is 9.21. The van der Waals surface area contributed by atoms with E-state index in [1.54, 1.807) is 7.11 Å². The first-order valence-corrected chi connectivity index (χ1v) is 7.19. The lowest BCUT2D eigenvalue weighted by Crippen LogP contribution is -2.24. The highest BCUT2D eigenvalue weighted by Gasteiger charge is 2.39. The van der Waals surface area contributed by atoms with E-state index >= 15 is 0 Å². The van der Waals surface area contributed by atoms with E-state index in [0.29, 0.717) is 13.2 Å². The molecule has 5 heteroatoms. The van der Waals surface area contributed by atoms with Crippen molar-refractivity contribution in [3.05, 3.63) is 16.7 Å². The first-order valence-electron chi connectivity index (χ1n) is 7.19. The van der Waals surface area contributed by atoms with Crippen molar-refractivity contribution < 1.29 is 24.1 Å². The Bertz CT molecular complexity index is 568. The zero-order valence-electron chi connectivity index (χ0n) is 12.6. The summed E-state index contributed by atoms with van der Waals surface area (Å²) in [5.74, 6) is 1.53. The van der Waals surface area contributed by atoms with Gasteiger partial charge >= 0.3 is 5.97 Å². The van der Waals surface area contributed by atoms with Crippen LogP contribution in [0.4, 0.5) is 0 Å². The van der Waals surface area contributed by atoms with Gasteiger partial charge in [-0.05, 0) is 0 Å². The standard InChI is InChI=1S/C16H20O5/c1-16(2,8-11(17)18)12-9-4-6-21-15(9)14(19-3)10-5-7-20-13(10)12/h4-8H2,1-3H3,(H,17,18). The molecular weight excluding hydrogens is 272 g/mol. The van der Waals surface area contributed by atoms with Crippen LogP contribution in [0.1, 0.15) is 37.0 Å². The van der Waals surface area contributed by atoms with Gasteiger partial charge in [-0.15, -0.1) is 0 Å². The Morgan fingerprint density at radius 1 is 1.19 bits per heavy atom. The number of fused-ring (bicyclic) bond motifs is 2. The molecule has 2 aliphatic rings. The minimum absolute atomic E-state index is 0.0571. The summed E-state index contributed by atoms with van der Waals surface area (Å²) < 4.78 is 17.1. The molecule has 0 saturated carbocycles. The van der Waals surface area contributed by atoms with Crippen LogP contribution in [0.5, 0.6) is 17.2 Å². The molecule has 0 saturated heterocycles. The second kappa shape index (κ2) is 4.83. The quantitative estimate of drug-likeness (QED) is 0.922. The fourth-order valence-corrected chi connectivity index (χ4v) is 3.46. The van der Waals surface area contributed by atoms with Crippen LogP contribution in [0, 0.1) is 0 Å². The van der Waals surface area contributed by atoms with Crippen molar-refractivity contribution in [1.82, 2.24) is 0 Å². The lowest BCUT2D eigenvalue weighted by atomic mass is 9.77. The van der Waals surface area contributed by atoms with Gasteiger partial charge in [-0.1, -0.05) is 13.8 Å². The highest BCUT2D eigenvalue weighted by molar-refractivity contribution is 5.72. The number of carboxylic acid groups (broad SMARTS) is 1. The van der Waals surface area contributed by atoms with Crippen molar-refractivity contribution >= 4 is 5.97 Å². The molecule has 0 fully saturated rings. The lowest BCUT2D eigenvalue weighted by Gasteiger charge is -2.28. The maximum Gasteiger partial charge on any atom is 0.304 e. The Kier molecular flexibility index (Phi) is 3.23. The second-order valence-corrected chi connectivity index (χ2v) is 6.17. The van der Waals surface area contributed by atoms with Crippen molar-refractivity contribution in [3.8, 4) is 17.2 Å². The van der Waals surface area contributed by atoms with Gasteiger partial charge in [0, 0.05) is 34.9 Å². The number of methoxy groups -OCH3 is 1. The molecule has 0 aliphatic carbocycles. The van der Waals surface area contributed by atoms with Gasteiger partial charge in [0.15, 0.2) is 11.5 Å². The number of benzene rings is 1. The average Bonchev–Trinajstić information content (AvgIpc) is 3.01. The summed E-state index contributed by atoms with van der Waals surface area (Å²) >= 11 is 0. The van der Waals surface area contributed by atoms with Crippen molar-refractivity contribution in [2.75, 3.05) is 20.3 Å². The molecule has 0 radical (unpaired) electrons. The summed E-state index contributed by atoms with van der Waals surface area (Å²) in [6.45, 7) is 5.10. The molecule has 0 spiro atoms. The summed E-state index contributed by atoms with van der Waals surface area (Å²) in [4.78, 5) is 11.2. The number of aliphatic carboxylic acids is 1. The molecule has 0 unspecified atom stereocenters. The van der Waals surface area contributed by atoms with Crippen molar-refractivity contribution in [2.24, 2.45) is 0 Å². The molecule has 114 valence electrons. The zero-order chi connectivity index (χ0) is 15.2. The lowest BCUT2D eigenvalue weighted by molar-refractivity contribution is -0.138. The van der Waals surface area contributed by atoms with Gasteiger partial charge in [-0.25, -0.2) is 0 Å². The molecule has 2 heterocycles. The number of ether oxygens (including phenoxy) is 3. The van der Waals surface area contributed by atoms with Crippen molar-refractivity contribution in [3.63, 3.8) is 0 Å². The largest absolute Gasteiger partial charge is 0.492 e. The third-order valence-electron chi connectivity index (χ3n) is 4.23. The Balaban J connectivity index is 2.24. The predicted molar refractivity (Wildman–Crippen MR) is 76.7 cm³/mol. The first-order chi connectivity index (χ1) is 9.95. The van der Waals surface area contributed by atoms with Crippen LogP contribution in [0.2, 0.25) is 0 Å². The van der Waals surface area contributed by atoms with Crippen LogP contribution in [0.15, 0.2) is 0 Å². The van der Waals surface area contributed by atoms with Gasteiger partial charge in [0.1, 0.15) is 5.75 Å². The van der Waals surface area contributed by atoms with Crippen LogP contribution < -0.4 is 14.2 Å². The third kappa shape index (κ3) is 2.11. The summed E-state index contributed by atoms with van der Waals surface area (Å²) in [6.07, 6.45) is 1.59. The molecule has 21 heavy (non-hydrogen) atoms. The van der Waals surface area contributed by atoms with Gasteiger partial charge in [-0.2, -0.15) is 0 Å². The Morgan fingerprint density at radius 2 is 1.81 bits per heavy atom. The van der Waals surface area contributed by atoms with Crippen LogP contribution >= 0.6 is 0 Å². The Morgan fingerprint density at radius 3 is 2.43 bits per heavy atom. The molecule has 3 rings (SSSR count). The van der Waals surface area contributed by atoms with Crippen LogP contribution in [-0.2, 0) is 23.1 Å². The molecule has 1 aromatic rings. The number of carbonyl (C=O) groups is 1. The topological polar surface area (TPSA) is 65.0 Å². The van der Waals surface area contributed by atoms with Crippen LogP contribution in [0.25, 0.3) is 0 Å². The Labute approximate surface area is 123 Å². The number of hydrogen-bond acceptors (Lipinski definition) is 4. The molecule has 0 bridgehead atoms. The van der Waals surface area contributed by atoms with Crippen molar-refractivity contribution in [1.29, 1.82) is 0 Å². The highest BCUT2D eigenvalue weighted by Crippen LogP contribution is 2.52. The molecule has 5 nitrogen and oxygen atoms in total.